The second kappa shape index (κ2) is 6.83. The number of phenols is 1. The summed E-state index contributed by atoms with van der Waals surface area (Å²) >= 11 is 6.13. The van der Waals surface area contributed by atoms with Gasteiger partial charge in [-0.3, -0.25) is 14.4 Å². The Morgan fingerprint density at radius 1 is 0.893 bits per heavy atom. The second-order valence-electron chi connectivity index (χ2n) is 6.13. The summed E-state index contributed by atoms with van der Waals surface area (Å²) in [6.07, 6.45) is 0. The van der Waals surface area contributed by atoms with Crippen molar-refractivity contribution in [1.29, 1.82) is 0 Å². The van der Waals surface area contributed by atoms with Crippen LogP contribution in [0.5, 0.6) is 5.75 Å². The van der Waals surface area contributed by atoms with E-state index in [1.165, 1.54) is 24.3 Å². The molecular formula is C21H13ClN2O4. The molecule has 0 aliphatic carbocycles. The van der Waals surface area contributed by atoms with Crippen LogP contribution in [0.2, 0.25) is 5.02 Å². The van der Waals surface area contributed by atoms with E-state index in [0.29, 0.717) is 0 Å². The van der Waals surface area contributed by atoms with Crippen LogP contribution in [0.15, 0.2) is 66.7 Å². The van der Waals surface area contributed by atoms with E-state index in [4.69, 9.17) is 11.6 Å². The van der Waals surface area contributed by atoms with Gasteiger partial charge >= 0.3 is 0 Å². The molecule has 28 heavy (non-hydrogen) atoms. The number of hydrogen-bond donors (Lipinski definition) is 2. The van der Waals surface area contributed by atoms with Gasteiger partial charge in [0, 0.05) is 5.56 Å². The summed E-state index contributed by atoms with van der Waals surface area (Å²) in [4.78, 5) is 39.0. The fraction of sp³-hybridized carbons (Fsp3) is 0. The highest BCUT2D eigenvalue weighted by molar-refractivity contribution is 6.40. The number of rotatable bonds is 3. The molecule has 138 valence electrons. The van der Waals surface area contributed by atoms with Crippen molar-refractivity contribution in [3.63, 3.8) is 0 Å². The molecule has 4 rings (SSSR count). The Bertz CT molecular complexity index is 1140. The molecule has 1 aliphatic rings. The minimum atomic E-state index is -0.551. The van der Waals surface area contributed by atoms with Crippen molar-refractivity contribution in [2.24, 2.45) is 0 Å². The molecule has 7 heteroatoms. The SMILES string of the molecule is O=C(Nc1ccccc1O)c1ccc2c(c1)C(=O)N(c1ccccc1Cl)C2=O. The van der Waals surface area contributed by atoms with Crippen LogP contribution in [0.25, 0.3) is 0 Å². The van der Waals surface area contributed by atoms with Crippen molar-refractivity contribution >= 4 is 40.7 Å². The summed E-state index contributed by atoms with van der Waals surface area (Å²) in [6.45, 7) is 0. The molecule has 6 nitrogen and oxygen atoms in total. The van der Waals surface area contributed by atoms with Gasteiger partial charge in [0.15, 0.2) is 0 Å². The van der Waals surface area contributed by atoms with Crippen LogP contribution in [-0.2, 0) is 0 Å². The Balaban J connectivity index is 1.67. The Kier molecular flexibility index (Phi) is 4.33. The normalized spacial score (nSPS) is 12.8. The number of aromatic hydroxyl groups is 1. The van der Waals surface area contributed by atoms with E-state index in [9.17, 15) is 19.5 Å². The molecule has 0 saturated carbocycles. The second-order valence-corrected chi connectivity index (χ2v) is 6.54. The molecule has 3 aromatic rings. The van der Waals surface area contributed by atoms with Gasteiger partial charge in [-0.05, 0) is 42.5 Å². The number of carbonyl (C=O) groups excluding carboxylic acids is 3. The Morgan fingerprint density at radius 2 is 1.57 bits per heavy atom. The van der Waals surface area contributed by atoms with E-state index >= 15 is 0 Å². The van der Waals surface area contributed by atoms with Gasteiger partial charge in [0.1, 0.15) is 5.75 Å². The monoisotopic (exact) mass is 392 g/mol. The van der Waals surface area contributed by atoms with E-state index in [-0.39, 0.29) is 38.8 Å². The van der Waals surface area contributed by atoms with Crippen LogP contribution in [0.4, 0.5) is 11.4 Å². The van der Waals surface area contributed by atoms with E-state index in [0.717, 1.165) is 4.90 Å². The lowest BCUT2D eigenvalue weighted by atomic mass is 10.1. The van der Waals surface area contributed by atoms with Gasteiger partial charge < -0.3 is 10.4 Å². The topological polar surface area (TPSA) is 86.7 Å². The summed E-state index contributed by atoms with van der Waals surface area (Å²) in [7, 11) is 0. The van der Waals surface area contributed by atoms with Gasteiger partial charge in [0.2, 0.25) is 0 Å². The lowest BCUT2D eigenvalue weighted by molar-refractivity contribution is 0.0925. The molecule has 0 fully saturated rings. The van der Waals surface area contributed by atoms with Crippen molar-refractivity contribution in [2.75, 3.05) is 10.2 Å². The zero-order valence-electron chi connectivity index (χ0n) is 14.3. The molecule has 1 aliphatic heterocycles. The predicted molar refractivity (Wildman–Crippen MR) is 105 cm³/mol. The number of benzene rings is 3. The summed E-state index contributed by atoms with van der Waals surface area (Å²) < 4.78 is 0. The smallest absolute Gasteiger partial charge is 0.266 e. The fourth-order valence-electron chi connectivity index (χ4n) is 3.01. The number of halogens is 1. The quantitative estimate of drug-likeness (QED) is 0.519. The van der Waals surface area contributed by atoms with Crippen LogP contribution in [0.1, 0.15) is 31.1 Å². The molecule has 3 aromatic carbocycles. The van der Waals surface area contributed by atoms with Crippen molar-refractivity contribution in [3.8, 4) is 5.75 Å². The largest absolute Gasteiger partial charge is 0.506 e. The highest BCUT2D eigenvalue weighted by Gasteiger charge is 2.38. The van der Waals surface area contributed by atoms with Crippen LogP contribution < -0.4 is 10.2 Å². The minimum Gasteiger partial charge on any atom is -0.506 e. The van der Waals surface area contributed by atoms with E-state index in [1.807, 2.05) is 0 Å². The molecule has 3 amide bonds. The van der Waals surface area contributed by atoms with Crippen LogP contribution in [0, 0.1) is 0 Å². The highest BCUT2D eigenvalue weighted by Crippen LogP contribution is 2.33. The number of nitrogens with zero attached hydrogens (tertiary/aromatic N) is 1. The number of nitrogens with one attached hydrogen (secondary N) is 1. The lowest BCUT2D eigenvalue weighted by Gasteiger charge is -2.15. The molecule has 0 unspecified atom stereocenters. The van der Waals surface area contributed by atoms with E-state index < -0.39 is 17.7 Å². The number of hydrogen-bond acceptors (Lipinski definition) is 4. The molecule has 2 N–H and O–H groups in total. The average Bonchev–Trinajstić information content (AvgIpc) is 2.94. The maximum absolute atomic E-state index is 12.8. The molecule has 0 bridgehead atoms. The summed E-state index contributed by atoms with van der Waals surface area (Å²) in [6, 6.07) is 17.1. The average molecular weight is 393 g/mol. The van der Waals surface area contributed by atoms with Gasteiger partial charge in [-0.2, -0.15) is 0 Å². The zero-order valence-corrected chi connectivity index (χ0v) is 15.1. The van der Waals surface area contributed by atoms with Crippen molar-refractivity contribution < 1.29 is 19.5 Å². The molecule has 0 saturated heterocycles. The third kappa shape index (κ3) is 2.90. The fourth-order valence-corrected chi connectivity index (χ4v) is 3.23. The lowest BCUT2D eigenvalue weighted by Crippen LogP contribution is -2.29. The minimum absolute atomic E-state index is 0.0758. The van der Waals surface area contributed by atoms with Crippen molar-refractivity contribution in [1.82, 2.24) is 0 Å². The third-order valence-corrected chi connectivity index (χ3v) is 4.71. The predicted octanol–water partition coefficient (Wildman–Crippen LogP) is 4.10. The molecule has 0 radical (unpaired) electrons. The number of para-hydroxylation sites is 3. The van der Waals surface area contributed by atoms with Gasteiger partial charge in [0.25, 0.3) is 17.7 Å². The third-order valence-electron chi connectivity index (χ3n) is 4.39. The maximum atomic E-state index is 12.8. The van der Waals surface area contributed by atoms with Gasteiger partial charge in [0.05, 0.1) is 27.5 Å². The Labute approximate surface area is 165 Å². The summed E-state index contributed by atoms with van der Waals surface area (Å²) in [5, 5.41) is 12.6. The zero-order chi connectivity index (χ0) is 19.8. The first kappa shape index (κ1) is 17.8. The first-order valence-electron chi connectivity index (χ1n) is 8.34. The Hall–Kier alpha value is -3.64. The summed E-state index contributed by atoms with van der Waals surface area (Å²) in [5.41, 5.74) is 1.03. The molecular weight excluding hydrogens is 380 g/mol. The van der Waals surface area contributed by atoms with Crippen LogP contribution in [-0.4, -0.2) is 22.8 Å². The first-order valence-corrected chi connectivity index (χ1v) is 8.72. The van der Waals surface area contributed by atoms with Gasteiger partial charge in [-0.15, -0.1) is 0 Å². The molecule has 0 aromatic heterocycles. The summed E-state index contributed by atoms with van der Waals surface area (Å²) in [5.74, 6) is -1.64. The number of carbonyl (C=O) groups is 3. The highest BCUT2D eigenvalue weighted by atomic mass is 35.5. The number of anilines is 2. The molecule has 0 spiro atoms. The molecule has 0 atom stereocenters. The Morgan fingerprint density at radius 3 is 2.32 bits per heavy atom. The first-order chi connectivity index (χ1) is 13.5. The molecule has 1 heterocycles. The van der Waals surface area contributed by atoms with Gasteiger partial charge in [-0.1, -0.05) is 35.9 Å². The van der Waals surface area contributed by atoms with Crippen molar-refractivity contribution in [3.05, 3.63) is 88.4 Å². The van der Waals surface area contributed by atoms with Crippen LogP contribution >= 0.6 is 11.6 Å². The number of amides is 3. The van der Waals surface area contributed by atoms with E-state index in [2.05, 4.69) is 5.32 Å². The number of phenolic OH excluding ortho intramolecular Hbond substituents is 1. The van der Waals surface area contributed by atoms with E-state index in [1.54, 1.807) is 42.5 Å². The van der Waals surface area contributed by atoms with Gasteiger partial charge in [-0.25, -0.2) is 4.90 Å². The number of imide groups is 1. The van der Waals surface area contributed by atoms with Crippen molar-refractivity contribution in [2.45, 2.75) is 0 Å². The standard InChI is InChI=1S/C21H13ClN2O4/c22-15-5-1-3-7-17(15)24-20(27)13-10-9-12(11-14(13)21(24)28)19(26)23-16-6-2-4-8-18(16)25/h1-11,25H,(H,23,26). The maximum Gasteiger partial charge on any atom is 0.266 e. The van der Waals surface area contributed by atoms with Crippen LogP contribution in [0.3, 0.4) is 0 Å². The number of fused-ring (bicyclic) bond motifs is 1.